The number of carbonyl (C=O) groups is 1. The van der Waals surface area contributed by atoms with Gasteiger partial charge in [-0.2, -0.15) is 13.3 Å². The van der Waals surface area contributed by atoms with E-state index >= 15 is 0 Å². The molecule has 1 unspecified atom stereocenters. The summed E-state index contributed by atoms with van der Waals surface area (Å²) in [7, 11) is 0. The van der Waals surface area contributed by atoms with Crippen LogP contribution in [0.2, 0.25) is 0 Å². The largest absolute Gasteiger partial charge is 0.542 e. The van der Waals surface area contributed by atoms with Crippen molar-refractivity contribution in [2.45, 2.75) is 51.9 Å². The van der Waals surface area contributed by atoms with E-state index in [2.05, 4.69) is 0 Å². The maximum Gasteiger partial charge on any atom is 0.00175 e. The molecule has 15 heavy (non-hydrogen) atoms. The molecule has 2 nitrogen and oxygen atoms in total. The first-order chi connectivity index (χ1) is 6.79. The van der Waals surface area contributed by atoms with Gasteiger partial charge < -0.3 is 15.5 Å². The molecule has 0 aromatic heterocycles. The number of Topliss-reactive ketones (excluding diaryl/α,β-unsaturated/α-hetero) is 1. The molecule has 2 aliphatic carbocycles. The van der Waals surface area contributed by atoms with Crippen LogP contribution in [0.15, 0.2) is 0 Å². The van der Waals surface area contributed by atoms with Crippen LogP contribution >= 0.6 is 0 Å². The minimum absolute atomic E-state index is 0. The summed E-state index contributed by atoms with van der Waals surface area (Å²) in [5.74, 6) is 2.48. The van der Waals surface area contributed by atoms with Gasteiger partial charge in [0, 0.05) is 38.5 Å². The van der Waals surface area contributed by atoms with Crippen LogP contribution in [-0.2, 0) is 42.3 Å². The third-order valence-corrected chi connectivity index (χ3v) is 3.06. The summed E-state index contributed by atoms with van der Waals surface area (Å²) in [4.78, 5) is 20.1. The van der Waals surface area contributed by atoms with Crippen LogP contribution in [0.1, 0.15) is 51.9 Å². The van der Waals surface area contributed by atoms with E-state index in [1.54, 1.807) is 0 Å². The standard InChI is InChI=1S/C10H15O.C2H3O.Y/c11-10-7-3-5-8-4-1-2-6-9(8)10;1-2-3;/h8H,1-7H2;1H3;/q2*-1;. The fraction of sp³-hybridized carbons (Fsp3) is 0.750. The average Bonchev–Trinajstić information content (AvgIpc) is 2.20. The number of hydrogen-bond acceptors (Lipinski definition) is 2. The first-order valence-corrected chi connectivity index (χ1v) is 5.47. The molecule has 2 rings (SSSR count). The van der Waals surface area contributed by atoms with Crippen molar-refractivity contribution >= 4 is 12.1 Å². The second kappa shape index (κ2) is 8.46. The Morgan fingerprint density at radius 2 is 1.87 bits per heavy atom. The molecule has 2 fully saturated rings. The third kappa shape index (κ3) is 4.78. The van der Waals surface area contributed by atoms with Gasteiger partial charge in [0.25, 0.3) is 0 Å². The first-order valence-electron chi connectivity index (χ1n) is 5.47. The van der Waals surface area contributed by atoms with Crippen LogP contribution in [0.3, 0.4) is 0 Å². The Labute approximate surface area is 117 Å². The van der Waals surface area contributed by atoms with E-state index in [-0.39, 0.29) is 32.7 Å². The van der Waals surface area contributed by atoms with Crippen molar-refractivity contribution in [1.29, 1.82) is 0 Å². The smallest absolute Gasteiger partial charge is 0.00175 e. The van der Waals surface area contributed by atoms with Crippen LogP contribution in [-0.4, -0.2) is 12.1 Å². The van der Waals surface area contributed by atoms with Gasteiger partial charge in [0.05, 0.1) is 0 Å². The molecule has 0 N–H and O–H groups in total. The molecule has 0 aliphatic heterocycles. The van der Waals surface area contributed by atoms with Gasteiger partial charge in [-0.15, -0.1) is 5.92 Å². The summed E-state index contributed by atoms with van der Waals surface area (Å²) in [6, 6.07) is 0. The third-order valence-electron chi connectivity index (χ3n) is 3.06. The van der Waals surface area contributed by atoms with E-state index in [9.17, 15) is 4.79 Å². The number of fused-ring (bicyclic) bond motifs is 1. The molecular formula is C12H18O2Y-2. The molecule has 0 saturated heterocycles. The topological polar surface area (TPSA) is 34.1 Å². The molecule has 0 spiro atoms. The van der Waals surface area contributed by atoms with Crippen molar-refractivity contribution in [2.24, 2.45) is 5.92 Å². The Balaban J connectivity index is 0.000000443. The maximum atomic E-state index is 11.4. The quantitative estimate of drug-likeness (QED) is 0.640. The maximum absolute atomic E-state index is 11.4. The number of ketones is 1. The molecule has 83 valence electrons. The Hall–Kier alpha value is 0.314. The minimum Gasteiger partial charge on any atom is -0.542 e. The van der Waals surface area contributed by atoms with Crippen molar-refractivity contribution in [3.05, 3.63) is 5.92 Å². The van der Waals surface area contributed by atoms with Crippen molar-refractivity contribution in [1.82, 2.24) is 0 Å². The Morgan fingerprint density at radius 3 is 2.47 bits per heavy atom. The fourth-order valence-corrected chi connectivity index (χ4v) is 2.44. The Kier molecular flexibility index (Phi) is 8.64. The van der Waals surface area contributed by atoms with E-state index in [4.69, 9.17) is 4.79 Å². The van der Waals surface area contributed by atoms with Gasteiger partial charge >= 0.3 is 0 Å². The molecule has 2 aliphatic rings. The van der Waals surface area contributed by atoms with Crippen LogP contribution in [0.5, 0.6) is 0 Å². The van der Waals surface area contributed by atoms with Gasteiger partial charge in [0.1, 0.15) is 0 Å². The summed E-state index contributed by atoms with van der Waals surface area (Å²) in [5.41, 5.74) is 0. The van der Waals surface area contributed by atoms with Crippen molar-refractivity contribution in [3.8, 4) is 0 Å². The zero-order valence-corrected chi connectivity index (χ0v) is 12.3. The molecule has 0 bridgehead atoms. The number of carbonyl (C=O) groups excluding carboxylic acids is 2. The molecule has 1 atom stereocenters. The predicted molar refractivity (Wildman–Crippen MR) is 55.4 cm³/mol. The normalized spacial score (nSPS) is 24.2. The Morgan fingerprint density at radius 1 is 1.27 bits per heavy atom. The van der Waals surface area contributed by atoms with E-state index in [0.717, 1.165) is 19.3 Å². The number of hydrogen-bond donors (Lipinski definition) is 0. The fourth-order valence-electron chi connectivity index (χ4n) is 2.44. The summed E-state index contributed by atoms with van der Waals surface area (Å²) >= 11 is 0. The average molecular weight is 283 g/mol. The zero-order valence-electron chi connectivity index (χ0n) is 9.42. The molecule has 2 saturated carbocycles. The van der Waals surface area contributed by atoms with E-state index in [0.29, 0.717) is 11.7 Å². The van der Waals surface area contributed by atoms with E-state index in [1.165, 1.54) is 44.8 Å². The molecule has 0 heterocycles. The van der Waals surface area contributed by atoms with Crippen molar-refractivity contribution in [2.75, 3.05) is 0 Å². The summed E-state index contributed by atoms with van der Waals surface area (Å²) in [6.07, 6.45) is 9.80. The van der Waals surface area contributed by atoms with Gasteiger partial charge in [0.15, 0.2) is 0 Å². The zero-order chi connectivity index (χ0) is 10.4. The van der Waals surface area contributed by atoms with Gasteiger partial charge in [-0.1, -0.05) is 32.1 Å². The van der Waals surface area contributed by atoms with Gasteiger partial charge in [-0.25, -0.2) is 0 Å². The first kappa shape index (κ1) is 15.3. The molecule has 0 aromatic rings. The van der Waals surface area contributed by atoms with Crippen LogP contribution in [0, 0.1) is 11.8 Å². The molecular weight excluding hydrogens is 265 g/mol. The molecule has 0 amide bonds. The van der Waals surface area contributed by atoms with E-state index < -0.39 is 0 Å². The predicted octanol–water partition coefficient (Wildman–Crippen LogP) is 2.62. The van der Waals surface area contributed by atoms with Gasteiger partial charge in [0.2, 0.25) is 0 Å². The summed E-state index contributed by atoms with van der Waals surface area (Å²) in [6.45, 7) is 1.32. The van der Waals surface area contributed by atoms with Crippen molar-refractivity contribution in [3.63, 3.8) is 0 Å². The second-order valence-electron chi connectivity index (χ2n) is 3.99. The van der Waals surface area contributed by atoms with Crippen LogP contribution < -0.4 is 0 Å². The molecule has 0 aromatic carbocycles. The monoisotopic (exact) mass is 283 g/mol. The van der Waals surface area contributed by atoms with Crippen LogP contribution in [0.4, 0.5) is 0 Å². The molecule has 3 heteroatoms. The summed E-state index contributed by atoms with van der Waals surface area (Å²) in [5, 5.41) is 0. The van der Waals surface area contributed by atoms with Gasteiger partial charge in [-0.05, 0) is 6.42 Å². The Bertz CT molecular complexity index is 202. The SMILES string of the molecule is C[C-]=O.O=C1CCCC2CCCC[C-]12.[Y]. The molecule has 1 radical (unpaired) electrons. The second-order valence-corrected chi connectivity index (χ2v) is 3.99. The van der Waals surface area contributed by atoms with E-state index in [1.807, 2.05) is 0 Å². The van der Waals surface area contributed by atoms with Gasteiger partial charge in [-0.3, -0.25) is 6.29 Å². The van der Waals surface area contributed by atoms with Crippen molar-refractivity contribution < 1.29 is 42.3 Å². The number of rotatable bonds is 0. The minimum atomic E-state index is 0. The van der Waals surface area contributed by atoms with Crippen LogP contribution in [0.25, 0.3) is 0 Å². The summed E-state index contributed by atoms with van der Waals surface area (Å²) < 4.78 is 0.